The molecule has 0 bridgehead atoms. The highest BCUT2D eigenvalue weighted by molar-refractivity contribution is 5.67. The zero-order chi connectivity index (χ0) is 12.4. The van der Waals surface area contributed by atoms with Gasteiger partial charge < -0.3 is 5.11 Å². The van der Waals surface area contributed by atoms with Crippen LogP contribution in [0.4, 0.5) is 0 Å². The molecule has 92 valence electrons. The Hall–Kier alpha value is -1.08. The molecule has 2 rings (SSSR count). The van der Waals surface area contributed by atoms with Crippen molar-refractivity contribution in [1.29, 1.82) is 0 Å². The Labute approximate surface area is 104 Å². The zero-order valence-electron chi connectivity index (χ0n) is 10.9. The van der Waals surface area contributed by atoms with Gasteiger partial charge in [-0.05, 0) is 35.3 Å². The smallest absolute Gasteiger partial charge is 0.0603 e. The third-order valence-corrected chi connectivity index (χ3v) is 4.40. The van der Waals surface area contributed by atoms with Gasteiger partial charge in [-0.3, -0.25) is 0 Å². The van der Waals surface area contributed by atoms with E-state index in [0.29, 0.717) is 17.8 Å². The Balaban J connectivity index is 2.34. The number of benzene rings is 1. The summed E-state index contributed by atoms with van der Waals surface area (Å²) in [7, 11) is 0. The minimum atomic E-state index is -0.200. The normalized spacial score (nSPS) is 34.0. The summed E-state index contributed by atoms with van der Waals surface area (Å²) in [4.78, 5) is 0. The van der Waals surface area contributed by atoms with Crippen molar-refractivity contribution in [3.63, 3.8) is 0 Å². The van der Waals surface area contributed by atoms with Crippen molar-refractivity contribution in [3.05, 3.63) is 42.0 Å². The Kier molecular flexibility index (Phi) is 3.68. The minimum Gasteiger partial charge on any atom is -0.393 e. The van der Waals surface area contributed by atoms with Gasteiger partial charge in [-0.15, -0.1) is 0 Å². The van der Waals surface area contributed by atoms with E-state index >= 15 is 0 Å². The molecule has 0 radical (unpaired) electrons. The van der Waals surface area contributed by atoms with Crippen molar-refractivity contribution < 1.29 is 5.11 Å². The molecular weight excluding hydrogens is 208 g/mol. The Morgan fingerprint density at radius 2 is 1.65 bits per heavy atom. The third kappa shape index (κ3) is 2.44. The molecule has 0 aromatic heterocycles. The summed E-state index contributed by atoms with van der Waals surface area (Å²) in [5, 5.41) is 10.1. The van der Waals surface area contributed by atoms with Crippen molar-refractivity contribution in [1.82, 2.24) is 0 Å². The molecule has 0 saturated heterocycles. The van der Waals surface area contributed by atoms with Crippen LogP contribution in [-0.4, -0.2) is 11.2 Å². The first kappa shape index (κ1) is 12.4. The molecule has 1 nitrogen and oxygen atoms in total. The number of aliphatic hydroxyl groups excluding tert-OH is 1. The van der Waals surface area contributed by atoms with Crippen LogP contribution < -0.4 is 0 Å². The lowest BCUT2D eigenvalue weighted by Gasteiger charge is -2.27. The Bertz CT molecular complexity index is 393. The van der Waals surface area contributed by atoms with Crippen LogP contribution in [0.1, 0.15) is 32.8 Å². The van der Waals surface area contributed by atoms with Crippen molar-refractivity contribution >= 4 is 5.57 Å². The van der Waals surface area contributed by atoms with Crippen LogP contribution in [0.3, 0.4) is 0 Å². The van der Waals surface area contributed by atoms with E-state index in [9.17, 15) is 5.11 Å². The molecule has 0 unspecified atom stereocenters. The quantitative estimate of drug-likeness (QED) is 0.779. The molecular formula is C16H22O. The van der Waals surface area contributed by atoms with Crippen LogP contribution in [0.25, 0.3) is 5.57 Å². The molecule has 1 aliphatic rings. The summed E-state index contributed by atoms with van der Waals surface area (Å²) >= 11 is 0. The molecule has 1 aromatic rings. The van der Waals surface area contributed by atoms with Gasteiger partial charge in [0.2, 0.25) is 0 Å². The second kappa shape index (κ2) is 5.05. The summed E-state index contributed by atoms with van der Waals surface area (Å²) in [6.07, 6.45) is 2.80. The molecule has 1 aliphatic carbocycles. The molecule has 0 aliphatic heterocycles. The molecule has 1 heteroatoms. The van der Waals surface area contributed by atoms with Crippen LogP contribution in [-0.2, 0) is 0 Å². The lowest BCUT2D eigenvalue weighted by atomic mass is 9.79. The minimum absolute atomic E-state index is 0.200. The fourth-order valence-corrected chi connectivity index (χ4v) is 2.75. The van der Waals surface area contributed by atoms with E-state index in [1.165, 1.54) is 11.1 Å². The largest absolute Gasteiger partial charge is 0.393 e. The lowest BCUT2D eigenvalue weighted by Crippen LogP contribution is -2.25. The Morgan fingerprint density at radius 1 is 1.00 bits per heavy atom. The molecule has 0 saturated carbocycles. The van der Waals surface area contributed by atoms with Gasteiger partial charge in [0.05, 0.1) is 6.10 Å². The van der Waals surface area contributed by atoms with E-state index < -0.39 is 0 Å². The summed E-state index contributed by atoms with van der Waals surface area (Å²) in [5.41, 5.74) is 2.69. The number of hydrogen-bond donors (Lipinski definition) is 1. The van der Waals surface area contributed by atoms with Gasteiger partial charge >= 0.3 is 0 Å². The first-order valence-electron chi connectivity index (χ1n) is 6.54. The predicted molar refractivity (Wildman–Crippen MR) is 72.5 cm³/mol. The first-order chi connectivity index (χ1) is 8.11. The number of aliphatic hydroxyl groups is 1. The van der Waals surface area contributed by atoms with Crippen LogP contribution >= 0.6 is 0 Å². The van der Waals surface area contributed by atoms with Gasteiger partial charge in [0.25, 0.3) is 0 Å². The fraction of sp³-hybridized carbons (Fsp3) is 0.500. The number of allylic oxidation sites excluding steroid dienone is 1. The monoisotopic (exact) mass is 230 g/mol. The molecule has 1 N–H and O–H groups in total. The van der Waals surface area contributed by atoms with E-state index in [1.807, 2.05) is 6.07 Å². The van der Waals surface area contributed by atoms with Crippen LogP contribution in [0.5, 0.6) is 0 Å². The van der Waals surface area contributed by atoms with E-state index in [1.54, 1.807) is 0 Å². The van der Waals surface area contributed by atoms with Crippen molar-refractivity contribution in [2.24, 2.45) is 17.8 Å². The van der Waals surface area contributed by atoms with E-state index in [2.05, 4.69) is 51.1 Å². The van der Waals surface area contributed by atoms with E-state index in [-0.39, 0.29) is 6.10 Å². The topological polar surface area (TPSA) is 20.2 Å². The Morgan fingerprint density at radius 3 is 2.29 bits per heavy atom. The van der Waals surface area contributed by atoms with Gasteiger partial charge in [-0.2, -0.15) is 0 Å². The zero-order valence-corrected chi connectivity index (χ0v) is 10.9. The predicted octanol–water partition coefficient (Wildman–Crippen LogP) is 3.74. The maximum absolute atomic E-state index is 10.1. The van der Waals surface area contributed by atoms with Gasteiger partial charge in [0.15, 0.2) is 0 Å². The standard InChI is InChI=1S/C16H22O/c1-11-12(2)15(9-10-16(17)13(11)3)14-7-5-4-6-8-14/h4-9,11-13,16-17H,10H2,1-3H3/t11-,12-,13-,16-/m0/s1. The highest BCUT2D eigenvalue weighted by Crippen LogP contribution is 2.37. The first-order valence-corrected chi connectivity index (χ1v) is 6.54. The van der Waals surface area contributed by atoms with Crippen LogP contribution in [0.15, 0.2) is 36.4 Å². The second-order valence-electron chi connectivity index (χ2n) is 5.34. The SMILES string of the molecule is C[C@@H]1[C@H](C)[C@@H](O)CC=C(c2ccccc2)[C@H]1C. The van der Waals surface area contributed by atoms with Crippen molar-refractivity contribution in [2.45, 2.75) is 33.3 Å². The molecule has 0 heterocycles. The molecule has 0 fully saturated rings. The maximum Gasteiger partial charge on any atom is 0.0603 e. The summed E-state index contributed by atoms with van der Waals surface area (Å²) < 4.78 is 0. The van der Waals surface area contributed by atoms with E-state index in [4.69, 9.17) is 0 Å². The number of hydrogen-bond acceptors (Lipinski definition) is 1. The summed E-state index contributed by atoms with van der Waals surface area (Å²) in [6.45, 7) is 6.69. The summed E-state index contributed by atoms with van der Waals surface area (Å²) in [5.74, 6) is 1.38. The molecule has 17 heavy (non-hydrogen) atoms. The van der Waals surface area contributed by atoms with E-state index in [0.717, 1.165) is 6.42 Å². The van der Waals surface area contributed by atoms with Gasteiger partial charge in [0.1, 0.15) is 0 Å². The molecule has 0 spiro atoms. The van der Waals surface area contributed by atoms with Crippen LogP contribution in [0.2, 0.25) is 0 Å². The average Bonchev–Trinajstić information content (AvgIpc) is 2.45. The third-order valence-electron chi connectivity index (χ3n) is 4.40. The lowest BCUT2D eigenvalue weighted by molar-refractivity contribution is 0.0848. The fourth-order valence-electron chi connectivity index (χ4n) is 2.75. The average molecular weight is 230 g/mol. The van der Waals surface area contributed by atoms with Crippen molar-refractivity contribution in [2.75, 3.05) is 0 Å². The van der Waals surface area contributed by atoms with Crippen molar-refractivity contribution in [3.8, 4) is 0 Å². The van der Waals surface area contributed by atoms with Gasteiger partial charge in [-0.1, -0.05) is 57.2 Å². The number of rotatable bonds is 1. The second-order valence-corrected chi connectivity index (χ2v) is 5.34. The highest BCUT2D eigenvalue weighted by Gasteiger charge is 2.29. The van der Waals surface area contributed by atoms with Gasteiger partial charge in [0, 0.05) is 0 Å². The van der Waals surface area contributed by atoms with Gasteiger partial charge in [-0.25, -0.2) is 0 Å². The summed E-state index contributed by atoms with van der Waals surface area (Å²) in [6, 6.07) is 10.5. The molecule has 0 amide bonds. The van der Waals surface area contributed by atoms with Crippen LogP contribution in [0, 0.1) is 17.8 Å². The molecule has 4 atom stereocenters. The maximum atomic E-state index is 10.1. The molecule has 1 aromatic carbocycles. The highest BCUT2D eigenvalue weighted by atomic mass is 16.3.